The second-order valence-corrected chi connectivity index (χ2v) is 12.6. The molecule has 0 aromatic heterocycles. The van der Waals surface area contributed by atoms with Crippen molar-refractivity contribution in [2.75, 3.05) is 14.2 Å². The van der Waals surface area contributed by atoms with Crippen molar-refractivity contribution >= 4 is 91.2 Å². The largest absolute Gasteiger partial charge is 0.506 e. The highest BCUT2D eigenvalue weighted by Crippen LogP contribution is 2.48. The number of rotatable bonds is 7. The smallest absolute Gasteiger partial charge is 0.340 e. The number of phenols is 1. The monoisotopic (exact) mass is 838 g/mol. The molecule has 4 rings (SSSR count). The summed E-state index contributed by atoms with van der Waals surface area (Å²) in [5, 5.41) is 33.6. The summed E-state index contributed by atoms with van der Waals surface area (Å²) < 4.78 is 18.6. The number of esters is 1. The van der Waals surface area contributed by atoms with Gasteiger partial charge in [0.1, 0.15) is 23.4 Å². The quantitative estimate of drug-likeness (QED) is 0.217. The zero-order valence-corrected chi connectivity index (χ0v) is 27.6. The molecule has 1 heterocycles. The van der Waals surface area contributed by atoms with E-state index in [0.717, 1.165) is 0 Å². The van der Waals surface area contributed by atoms with E-state index in [4.69, 9.17) is 14.2 Å². The first-order valence-electron chi connectivity index (χ1n) is 10.8. The van der Waals surface area contributed by atoms with E-state index in [2.05, 4.69) is 79.6 Å². The molecule has 0 amide bonds. The molecule has 0 aliphatic carbocycles. The van der Waals surface area contributed by atoms with E-state index in [9.17, 15) is 20.1 Å². The minimum atomic E-state index is -2.14. The van der Waals surface area contributed by atoms with E-state index in [0.29, 0.717) is 50.6 Å². The summed E-state index contributed by atoms with van der Waals surface area (Å²) in [6.07, 6.45) is -1.60. The van der Waals surface area contributed by atoms with Crippen LogP contribution in [0.25, 0.3) is 5.57 Å². The average Bonchev–Trinajstić information content (AvgIpc) is 3.11. The summed E-state index contributed by atoms with van der Waals surface area (Å²) in [5.41, 5.74) is 1.25. The van der Waals surface area contributed by atoms with Gasteiger partial charge in [0, 0.05) is 12.0 Å². The molecule has 0 fully saturated rings. The number of cyclic esters (lactones) is 1. The number of hydrogen-bond donors (Lipinski definition) is 3. The van der Waals surface area contributed by atoms with Gasteiger partial charge in [-0.25, -0.2) is 4.79 Å². The zero-order chi connectivity index (χ0) is 27.9. The fourth-order valence-corrected chi connectivity index (χ4v) is 7.55. The Balaban J connectivity index is 1.92. The SMILES string of the molecule is COc1ccc(C[C@@]2(O)OC(=O)C([C@@H](O)c3cc(Br)c(OC)c(Br)c3)=C2c2cc(Br)c(O)c(Br)c2)cc1Br. The predicted octanol–water partition coefficient (Wildman–Crippen LogP) is 7.20. The third kappa shape index (κ3) is 5.59. The van der Waals surface area contributed by atoms with Crippen LogP contribution in [0, 0.1) is 0 Å². The predicted molar refractivity (Wildman–Crippen MR) is 159 cm³/mol. The second-order valence-electron chi connectivity index (χ2n) is 8.32. The first-order valence-corrected chi connectivity index (χ1v) is 14.8. The molecule has 7 nitrogen and oxygen atoms in total. The third-order valence-corrected chi connectivity index (χ3v) is 8.93. The number of aliphatic hydroxyl groups excluding tert-OH is 1. The lowest BCUT2D eigenvalue weighted by atomic mass is 9.87. The van der Waals surface area contributed by atoms with Gasteiger partial charge in [0.05, 0.1) is 42.2 Å². The van der Waals surface area contributed by atoms with Crippen LogP contribution in [-0.2, 0) is 16.0 Å². The molecular formula is C26H19Br5O7. The maximum absolute atomic E-state index is 13.3. The Hall–Kier alpha value is -1.41. The van der Waals surface area contributed by atoms with E-state index in [1.54, 1.807) is 42.5 Å². The van der Waals surface area contributed by atoms with Gasteiger partial charge in [0.2, 0.25) is 5.79 Å². The standard InChI is InChI=1S/C26H19Br5O7/c1-36-19-4-3-11(5-14(19)27)10-26(35)21(12-6-15(28)23(33)16(29)7-12)20(25(34)38-26)22(32)13-8-17(30)24(37-2)18(31)9-13/h3-9,22,32-33,35H,10H2,1-2H3/t22-,26+/m0/s1. The fraction of sp³-hybridized carbons (Fsp3) is 0.192. The summed E-state index contributed by atoms with van der Waals surface area (Å²) in [5.74, 6) is -1.98. The minimum Gasteiger partial charge on any atom is -0.506 e. The summed E-state index contributed by atoms with van der Waals surface area (Å²) in [4.78, 5) is 13.3. The van der Waals surface area contributed by atoms with Crippen molar-refractivity contribution in [3.05, 3.63) is 87.1 Å². The molecule has 38 heavy (non-hydrogen) atoms. The lowest BCUT2D eigenvalue weighted by molar-refractivity contribution is -0.175. The van der Waals surface area contributed by atoms with Gasteiger partial charge < -0.3 is 29.5 Å². The summed E-state index contributed by atoms with van der Waals surface area (Å²) in [7, 11) is 3.05. The van der Waals surface area contributed by atoms with Gasteiger partial charge >= 0.3 is 5.97 Å². The van der Waals surface area contributed by atoms with Crippen LogP contribution in [0.4, 0.5) is 0 Å². The van der Waals surface area contributed by atoms with Crippen LogP contribution in [0.1, 0.15) is 22.8 Å². The molecule has 0 spiro atoms. The van der Waals surface area contributed by atoms with Crippen molar-refractivity contribution in [2.24, 2.45) is 0 Å². The van der Waals surface area contributed by atoms with Gasteiger partial charge in [-0.05, 0) is 133 Å². The van der Waals surface area contributed by atoms with Crippen molar-refractivity contribution in [1.82, 2.24) is 0 Å². The van der Waals surface area contributed by atoms with Crippen LogP contribution in [0.15, 0.2) is 70.4 Å². The molecule has 200 valence electrons. The molecule has 0 saturated carbocycles. The lowest BCUT2D eigenvalue weighted by Crippen LogP contribution is -2.33. The van der Waals surface area contributed by atoms with Crippen LogP contribution in [0.5, 0.6) is 17.2 Å². The number of benzene rings is 3. The molecule has 3 N–H and O–H groups in total. The first kappa shape index (κ1) is 29.6. The van der Waals surface area contributed by atoms with E-state index in [1.807, 2.05) is 0 Å². The van der Waals surface area contributed by atoms with Crippen molar-refractivity contribution in [3.8, 4) is 17.2 Å². The Morgan fingerprint density at radius 1 is 0.895 bits per heavy atom. The maximum atomic E-state index is 13.3. The number of carbonyl (C=O) groups excluding carboxylic acids is 1. The van der Waals surface area contributed by atoms with E-state index >= 15 is 0 Å². The Kier molecular flexibility index (Phi) is 9.03. The topological polar surface area (TPSA) is 105 Å². The highest BCUT2D eigenvalue weighted by molar-refractivity contribution is 9.11. The third-order valence-electron chi connectivity index (χ3n) is 5.92. The highest BCUT2D eigenvalue weighted by Gasteiger charge is 2.49. The number of halogens is 5. The van der Waals surface area contributed by atoms with Crippen LogP contribution in [0.3, 0.4) is 0 Å². The number of carbonyl (C=O) groups is 1. The van der Waals surface area contributed by atoms with Crippen molar-refractivity contribution in [3.63, 3.8) is 0 Å². The molecule has 3 aromatic carbocycles. The minimum absolute atomic E-state index is 0.0615. The van der Waals surface area contributed by atoms with Crippen LogP contribution < -0.4 is 9.47 Å². The second kappa shape index (κ2) is 11.6. The number of hydrogen-bond acceptors (Lipinski definition) is 7. The van der Waals surface area contributed by atoms with Gasteiger partial charge in [0.25, 0.3) is 0 Å². The lowest BCUT2D eigenvalue weighted by Gasteiger charge is -2.26. The van der Waals surface area contributed by atoms with Crippen LogP contribution in [-0.4, -0.2) is 41.3 Å². The van der Waals surface area contributed by atoms with Crippen molar-refractivity contribution < 1.29 is 34.3 Å². The Labute approximate surface area is 260 Å². The molecule has 12 heteroatoms. The molecule has 2 atom stereocenters. The van der Waals surface area contributed by atoms with Gasteiger partial charge in [-0.15, -0.1) is 0 Å². The molecule has 1 aliphatic rings. The normalized spacial score (nSPS) is 18.0. The number of phenolic OH excluding ortho intramolecular Hbond substituents is 1. The average molecular weight is 843 g/mol. The van der Waals surface area contributed by atoms with Crippen molar-refractivity contribution in [2.45, 2.75) is 18.3 Å². The Bertz CT molecular complexity index is 1430. The Morgan fingerprint density at radius 2 is 1.50 bits per heavy atom. The van der Waals surface area contributed by atoms with Crippen molar-refractivity contribution in [1.29, 1.82) is 0 Å². The van der Waals surface area contributed by atoms with Gasteiger partial charge in [-0.1, -0.05) is 6.07 Å². The molecule has 0 saturated heterocycles. The Morgan fingerprint density at radius 3 is 2.03 bits per heavy atom. The van der Waals surface area contributed by atoms with Gasteiger partial charge in [0.15, 0.2) is 0 Å². The molecule has 3 aromatic rings. The van der Waals surface area contributed by atoms with E-state index < -0.39 is 17.9 Å². The highest BCUT2D eigenvalue weighted by atomic mass is 79.9. The summed E-state index contributed by atoms with van der Waals surface area (Å²) in [6.45, 7) is 0. The van der Waals surface area contributed by atoms with Crippen LogP contribution >= 0.6 is 79.6 Å². The summed E-state index contributed by atoms with van der Waals surface area (Å²) in [6, 6.07) is 11.5. The van der Waals surface area contributed by atoms with Gasteiger partial charge in [-0.2, -0.15) is 0 Å². The fourth-order valence-electron chi connectivity index (χ4n) is 4.23. The number of methoxy groups -OCH3 is 2. The van der Waals surface area contributed by atoms with Gasteiger partial charge in [-0.3, -0.25) is 0 Å². The first-order chi connectivity index (χ1) is 17.9. The molecule has 0 unspecified atom stereocenters. The molecular weight excluding hydrogens is 824 g/mol. The maximum Gasteiger partial charge on any atom is 0.340 e. The zero-order valence-electron chi connectivity index (χ0n) is 19.7. The number of aliphatic hydroxyl groups is 2. The van der Waals surface area contributed by atoms with E-state index in [-0.39, 0.29) is 23.3 Å². The molecule has 0 radical (unpaired) electrons. The van der Waals surface area contributed by atoms with E-state index in [1.165, 1.54) is 14.2 Å². The number of ether oxygens (including phenoxy) is 3. The molecule has 0 bridgehead atoms. The van der Waals surface area contributed by atoms with Crippen LogP contribution in [0.2, 0.25) is 0 Å². The molecule has 1 aliphatic heterocycles. The number of aromatic hydroxyl groups is 1. The summed E-state index contributed by atoms with van der Waals surface area (Å²) >= 11 is 16.9.